The van der Waals surface area contributed by atoms with Crippen LogP contribution >= 0.6 is 23.2 Å². The van der Waals surface area contributed by atoms with E-state index in [-0.39, 0.29) is 18.5 Å². The Morgan fingerprint density at radius 3 is 2.84 bits per heavy atom. The van der Waals surface area contributed by atoms with Gasteiger partial charge in [-0.25, -0.2) is 0 Å². The molecule has 2 rings (SSSR count). The normalized spacial score (nSPS) is 12.6. The van der Waals surface area contributed by atoms with Gasteiger partial charge in [0, 0.05) is 22.6 Å². The van der Waals surface area contributed by atoms with Crippen LogP contribution in [0.5, 0.6) is 0 Å². The number of rotatable bonds is 4. The van der Waals surface area contributed by atoms with E-state index in [9.17, 15) is 4.79 Å². The number of carbonyl (C=O) groups is 1. The van der Waals surface area contributed by atoms with Crippen molar-refractivity contribution in [3.8, 4) is 0 Å². The van der Waals surface area contributed by atoms with Crippen LogP contribution in [0.15, 0.2) is 24.4 Å². The zero-order valence-corrected chi connectivity index (χ0v) is 12.4. The average Bonchev–Trinajstić information content (AvgIpc) is 2.72. The van der Waals surface area contributed by atoms with E-state index in [1.54, 1.807) is 6.07 Å². The second-order valence-corrected chi connectivity index (χ2v) is 5.48. The molecule has 1 unspecified atom stereocenters. The minimum atomic E-state index is -0.0112. The lowest BCUT2D eigenvalue weighted by Crippen LogP contribution is -2.34. The van der Waals surface area contributed by atoms with E-state index in [1.165, 1.54) is 0 Å². The van der Waals surface area contributed by atoms with Gasteiger partial charge < -0.3 is 9.88 Å². The highest BCUT2D eigenvalue weighted by Gasteiger charge is 2.10. The number of aromatic nitrogens is 1. The molecule has 1 amide bonds. The zero-order chi connectivity index (χ0) is 14.0. The van der Waals surface area contributed by atoms with Crippen molar-refractivity contribution in [2.24, 2.45) is 0 Å². The molecule has 0 fully saturated rings. The Kier molecular flexibility index (Phi) is 4.38. The molecule has 2 aromatic rings. The SMILES string of the molecule is CCC(C)NC(=O)Cn1ccc2c(Cl)cc(Cl)cc21. The lowest BCUT2D eigenvalue weighted by atomic mass is 10.2. The quantitative estimate of drug-likeness (QED) is 0.914. The summed E-state index contributed by atoms with van der Waals surface area (Å²) in [5.41, 5.74) is 0.872. The van der Waals surface area contributed by atoms with Gasteiger partial charge >= 0.3 is 0 Å². The molecule has 3 nitrogen and oxygen atoms in total. The topological polar surface area (TPSA) is 34.0 Å². The standard InChI is InChI=1S/C14H16Cl2N2O/c1-3-9(2)17-14(19)8-18-5-4-11-12(16)6-10(15)7-13(11)18/h4-7,9H,3,8H2,1-2H3,(H,17,19). The summed E-state index contributed by atoms with van der Waals surface area (Å²) in [4.78, 5) is 11.9. The molecule has 1 aromatic carbocycles. The Balaban J connectivity index is 2.24. The van der Waals surface area contributed by atoms with Crippen molar-refractivity contribution in [2.45, 2.75) is 32.9 Å². The lowest BCUT2D eigenvalue weighted by Gasteiger charge is -2.12. The largest absolute Gasteiger partial charge is 0.352 e. The first-order valence-corrected chi connectivity index (χ1v) is 7.00. The van der Waals surface area contributed by atoms with Crippen molar-refractivity contribution >= 4 is 40.0 Å². The third-order valence-electron chi connectivity index (χ3n) is 3.14. The predicted octanol–water partition coefficient (Wildman–Crippen LogP) is 3.86. The molecule has 19 heavy (non-hydrogen) atoms. The van der Waals surface area contributed by atoms with Crippen molar-refractivity contribution in [2.75, 3.05) is 0 Å². The van der Waals surface area contributed by atoms with Gasteiger partial charge in [0.2, 0.25) is 5.91 Å². The molecular weight excluding hydrogens is 283 g/mol. The smallest absolute Gasteiger partial charge is 0.240 e. The molecule has 0 saturated carbocycles. The highest BCUT2D eigenvalue weighted by molar-refractivity contribution is 6.38. The lowest BCUT2D eigenvalue weighted by molar-refractivity contribution is -0.122. The predicted molar refractivity (Wildman–Crippen MR) is 79.9 cm³/mol. The Morgan fingerprint density at radius 2 is 2.16 bits per heavy atom. The summed E-state index contributed by atoms with van der Waals surface area (Å²) >= 11 is 12.1. The van der Waals surface area contributed by atoms with Gasteiger partial charge in [0.25, 0.3) is 0 Å². The van der Waals surface area contributed by atoms with E-state index in [0.29, 0.717) is 10.0 Å². The molecule has 0 aliphatic heterocycles. The second-order valence-electron chi connectivity index (χ2n) is 4.64. The zero-order valence-electron chi connectivity index (χ0n) is 10.9. The van der Waals surface area contributed by atoms with Crippen LogP contribution in [0.3, 0.4) is 0 Å². The van der Waals surface area contributed by atoms with E-state index in [4.69, 9.17) is 23.2 Å². The summed E-state index contributed by atoms with van der Waals surface area (Å²) in [5, 5.41) is 5.01. The Bertz CT molecular complexity index is 607. The molecule has 0 aliphatic rings. The fourth-order valence-electron chi connectivity index (χ4n) is 1.93. The summed E-state index contributed by atoms with van der Waals surface area (Å²) in [6.45, 7) is 4.29. The molecule has 0 bridgehead atoms. The van der Waals surface area contributed by atoms with Crippen LogP contribution in [0.4, 0.5) is 0 Å². The van der Waals surface area contributed by atoms with Crippen LogP contribution in [0.25, 0.3) is 10.9 Å². The van der Waals surface area contributed by atoms with E-state index in [0.717, 1.165) is 17.3 Å². The molecular formula is C14H16Cl2N2O. The van der Waals surface area contributed by atoms with Crippen LogP contribution in [-0.4, -0.2) is 16.5 Å². The van der Waals surface area contributed by atoms with E-state index in [1.807, 2.05) is 36.7 Å². The summed E-state index contributed by atoms with van der Waals surface area (Å²) in [6.07, 6.45) is 2.76. The molecule has 0 radical (unpaired) electrons. The Morgan fingerprint density at radius 1 is 1.42 bits per heavy atom. The summed E-state index contributed by atoms with van der Waals surface area (Å²) < 4.78 is 1.85. The van der Waals surface area contributed by atoms with Gasteiger partial charge in [-0.3, -0.25) is 4.79 Å². The van der Waals surface area contributed by atoms with Crippen LogP contribution in [0, 0.1) is 0 Å². The molecule has 1 heterocycles. The van der Waals surface area contributed by atoms with Crippen molar-refractivity contribution in [3.05, 3.63) is 34.4 Å². The fourth-order valence-corrected chi connectivity index (χ4v) is 2.48. The molecule has 1 aromatic heterocycles. The van der Waals surface area contributed by atoms with E-state index < -0.39 is 0 Å². The summed E-state index contributed by atoms with van der Waals surface area (Å²) in [7, 11) is 0. The molecule has 5 heteroatoms. The number of nitrogens with zero attached hydrogens (tertiary/aromatic N) is 1. The molecule has 0 saturated heterocycles. The highest BCUT2D eigenvalue weighted by Crippen LogP contribution is 2.28. The monoisotopic (exact) mass is 298 g/mol. The second kappa shape index (κ2) is 5.85. The maximum absolute atomic E-state index is 11.9. The molecule has 0 aliphatic carbocycles. The number of benzene rings is 1. The molecule has 1 N–H and O–H groups in total. The van der Waals surface area contributed by atoms with E-state index in [2.05, 4.69) is 5.32 Å². The maximum Gasteiger partial charge on any atom is 0.240 e. The minimum absolute atomic E-state index is 0.0112. The fraction of sp³-hybridized carbons (Fsp3) is 0.357. The molecule has 102 valence electrons. The first-order valence-electron chi connectivity index (χ1n) is 6.24. The van der Waals surface area contributed by atoms with Gasteiger partial charge in [0.15, 0.2) is 0 Å². The number of fused-ring (bicyclic) bond motifs is 1. The first-order chi connectivity index (χ1) is 9.01. The van der Waals surface area contributed by atoms with Gasteiger partial charge in [-0.2, -0.15) is 0 Å². The highest BCUT2D eigenvalue weighted by atomic mass is 35.5. The average molecular weight is 299 g/mol. The van der Waals surface area contributed by atoms with Crippen LogP contribution < -0.4 is 5.32 Å². The minimum Gasteiger partial charge on any atom is -0.352 e. The van der Waals surface area contributed by atoms with Crippen molar-refractivity contribution in [1.29, 1.82) is 0 Å². The van der Waals surface area contributed by atoms with Gasteiger partial charge in [-0.1, -0.05) is 30.1 Å². The van der Waals surface area contributed by atoms with Crippen molar-refractivity contribution in [3.63, 3.8) is 0 Å². The number of amides is 1. The summed E-state index contributed by atoms with van der Waals surface area (Å²) in [5.74, 6) is -0.0112. The van der Waals surface area contributed by atoms with Crippen LogP contribution in [0.1, 0.15) is 20.3 Å². The number of halogens is 2. The number of hydrogen-bond acceptors (Lipinski definition) is 1. The number of nitrogens with one attached hydrogen (secondary N) is 1. The Labute approximate surface area is 122 Å². The number of hydrogen-bond donors (Lipinski definition) is 1. The summed E-state index contributed by atoms with van der Waals surface area (Å²) in [6, 6.07) is 5.60. The Hall–Kier alpha value is -1.19. The third kappa shape index (κ3) is 3.23. The van der Waals surface area contributed by atoms with Crippen molar-refractivity contribution < 1.29 is 4.79 Å². The van der Waals surface area contributed by atoms with Gasteiger partial charge in [-0.15, -0.1) is 0 Å². The molecule has 0 spiro atoms. The van der Waals surface area contributed by atoms with Crippen molar-refractivity contribution in [1.82, 2.24) is 9.88 Å². The maximum atomic E-state index is 11.9. The van der Waals surface area contributed by atoms with Gasteiger partial charge in [0.05, 0.1) is 10.5 Å². The van der Waals surface area contributed by atoms with Gasteiger partial charge in [-0.05, 0) is 31.5 Å². The number of carbonyl (C=O) groups excluding carboxylic acids is 1. The van der Waals surface area contributed by atoms with E-state index >= 15 is 0 Å². The first kappa shape index (κ1) is 14.2. The van der Waals surface area contributed by atoms with Gasteiger partial charge in [0.1, 0.15) is 6.54 Å². The third-order valence-corrected chi connectivity index (χ3v) is 3.67. The molecule has 1 atom stereocenters. The van der Waals surface area contributed by atoms with Crippen LogP contribution in [0.2, 0.25) is 10.0 Å². The van der Waals surface area contributed by atoms with Crippen LogP contribution in [-0.2, 0) is 11.3 Å².